The largest absolute Gasteiger partial charge is 0.314 e. The van der Waals surface area contributed by atoms with Crippen LogP contribution in [0.1, 0.15) is 59.8 Å². The lowest BCUT2D eigenvalue weighted by atomic mass is 9.89. The van der Waals surface area contributed by atoms with Gasteiger partial charge >= 0.3 is 0 Å². The smallest absolute Gasteiger partial charge is 0.0683 e. The van der Waals surface area contributed by atoms with Crippen LogP contribution in [0.2, 0.25) is 0 Å². The van der Waals surface area contributed by atoms with Gasteiger partial charge in [-0.3, -0.25) is 0 Å². The average molecular weight is 226 g/mol. The first-order valence-electron chi connectivity index (χ1n) is 6.26. The summed E-state index contributed by atoms with van der Waals surface area (Å²) < 4.78 is 0. The minimum absolute atomic E-state index is 0.180. The maximum atomic E-state index is 9.44. The molecule has 3 nitrogen and oxygen atoms in total. The third kappa shape index (κ3) is 7.67. The second-order valence-corrected chi connectivity index (χ2v) is 5.42. The average Bonchev–Trinajstić information content (AvgIpc) is 2.22. The summed E-state index contributed by atoms with van der Waals surface area (Å²) in [6.45, 7) is 8.69. The van der Waals surface area contributed by atoms with Crippen LogP contribution in [-0.4, -0.2) is 22.9 Å². The summed E-state index contributed by atoms with van der Waals surface area (Å²) in [6, 6.07) is 2.52. The van der Waals surface area contributed by atoms with Crippen molar-refractivity contribution in [1.82, 2.24) is 5.06 Å². The van der Waals surface area contributed by atoms with Crippen molar-refractivity contribution >= 4 is 0 Å². The molecule has 0 heterocycles. The Morgan fingerprint density at radius 2 is 1.75 bits per heavy atom. The van der Waals surface area contributed by atoms with Crippen LogP contribution in [0.4, 0.5) is 0 Å². The molecule has 0 amide bonds. The number of hydrogen-bond acceptors (Lipinski definition) is 3. The minimum Gasteiger partial charge on any atom is -0.314 e. The van der Waals surface area contributed by atoms with E-state index in [9.17, 15) is 5.21 Å². The van der Waals surface area contributed by atoms with Gasteiger partial charge in [0.05, 0.1) is 11.5 Å². The van der Waals surface area contributed by atoms with E-state index in [-0.39, 0.29) is 11.5 Å². The highest BCUT2D eigenvalue weighted by Gasteiger charge is 2.15. The molecule has 0 aliphatic rings. The van der Waals surface area contributed by atoms with Crippen LogP contribution in [-0.2, 0) is 0 Å². The van der Waals surface area contributed by atoms with Crippen LogP contribution < -0.4 is 0 Å². The molecular formula is C13H26N2O. The number of hydroxylamine groups is 2. The van der Waals surface area contributed by atoms with Crippen LogP contribution in [0.25, 0.3) is 0 Å². The fourth-order valence-corrected chi connectivity index (χ4v) is 1.51. The van der Waals surface area contributed by atoms with Crippen molar-refractivity contribution in [3.63, 3.8) is 0 Å². The van der Waals surface area contributed by atoms with Crippen molar-refractivity contribution in [2.75, 3.05) is 6.54 Å². The van der Waals surface area contributed by atoms with E-state index < -0.39 is 0 Å². The predicted octanol–water partition coefficient (Wildman–Crippen LogP) is 3.59. The van der Waals surface area contributed by atoms with E-state index in [1.165, 1.54) is 5.06 Å². The third-order valence-electron chi connectivity index (χ3n) is 2.84. The van der Waals surface area contributed by atoms with Crippen LogP contribution in [0.5, 0.6) is 0 Å². The molecule has 0 rings (SSSR count). The Kier molecular flexibility index (Phi) is 7.36. The van der Waals surface area contributed by atoms with Gasteiger partial charge in [-0.25, -0.2) is 0 Å². The van der Waals surface area contributed by atoms with Gasteiger partial charge < -0.3 is 5.21 Å². The number of nitrogens with zero attached hydrogens (tertiary/aromatic N) is 2. The van der Waals surface area contributed by atoms with Gasteiger partial charge in [-0.2, -0.15) is 10.3 Å². The Hall–Kier alpha value is -0.590. The molecule has 0 bridgehead atoms. The van der Waals surface area contributed by atoms with Gasteiger partial charge in [-0.15, -0.1) is 0 Å². The molecule has 94 valence electrons. The maximum absolute atomic E-state index is 9.44. The third-order valence-corrected chi connectivity index (χ3v) is 2.84. The normalized spacial score (nSPS) is 12.1. The fraction of sp³-hybridized carbons (Fsp3) is 0.923. The summed E-state index contributed by atoms with van der Waals surface area (Å²) >= 11 is 0. The van der Waals surface area contributed by atoms with Crippen LogP contribution in [0.3, 0.4) is 0 Å². The Morgan fingerprint density at radius 3 is 2.25 bits per heavy atom. The summed E-state index contributed by atoms with van der Waals surface area (Å²) in [6.07, 6.45) is 5.38. The van der Waals surface area contributed by atoms with Gasteiger partial charge in [0.1, 0.15) is 0 Å². The highest BCUT2D eigenvalue weighted by atomic mass is 16.5. The Bertz CT molecular complexity index is 218. The van der Waals surface area contributed by atoms with Crippen molar-refractivity contribution in [2.24, 2.45) is 5.41 Å². The van der Waals surface area contributed by atoms with Crippen molar-refractivity contribution in [3.8, 4) is 6.07 Å². The molecule has 1 N–H and O–H groups in total. The van der Waals surface area contributed by atoms with Gasteiger partial charge in [0, 0.05) is 12.6 Å². The van der Waals surface area contributed by atoms with E-state index >= 15 is 0 Å². The quantitative estimate of drug-likeness (QED) is 0.508. The van der Waals surface area contributed by atoms with Crippen molar-refractivity contribution < 1.29 is 5.21 Å². The number of rotatable bonds is 8. The van der Waals surface area contributed by atoms with Gasteiger partial charge in [0.2, 0.25) is 0 Å². The summed E-state index contributed by atoms with van der Waals surface area (Å²) in [5.74, 6) is 0. The zero-order valence-electron chi connectivity index (χ0n) is 11.2. The lowest BCUT2D eigenvalue weighted by Gasteiger charge is -2.18. The Balaban J connectivity index is 3.39. The monoisotopic (exact) mass is 226 g/mol. The van der Waals surface area contributed by atoms with E-state index in [0.717, 1.165) is 38.6 Å². The SMILES string of the molecule is CC(C)N(O)CCCCCCC(C)(C)C#N. The molecule has 0 aromatic rings. The summed E-state index contributed by atoms with van der Waals surface area (Å²) in [5.41, 5.74) is -0.180. The lowest BCUT2D eigenvalue weighted by molar-refractivity contribution is -0.117. The molecule has 0 unspecified atom stereocenters. The number of nitriles is 1. The molecule has 0 saturated carbocycles. The lowest BCUT2D eigenvalue weighted by Crippen LogP contribution is -2.27. The van der Waals surface area contributed by atoms with E-state index in [0.29, 0.717) is 0 Å². The van der Waals surface area contributed by atoms with E-state index in [4.69, 9.17) is 5.26 Å². The first kappa shape index (κ1) is 15.4. The molecule has 0 saturated heterocycles. The zero-order valence-corrected chi connectivity index (χ0v) is 11.2. The van der Waals surface area contributed by atoms with Crippen LogP contribution in [0, 0.1) is 16.7 Å². The molecule has 16 heavy (non-hydrogen) atoms. The maximum Gasteiger partial charge on any atom is 0.0683 e. The van der Waals surface area contributed by atoms with Crippen molar-refractivity contribution in [3.05, 3.63) is 0 Å². The van der Waals surface area contributed by atoms with E-state index in [1.54, 1.807) is 0 Å². The summed E-state index contributed by atoms with van der Waals surface area (Å²) in [4.78, 5) is 0. The molecular weight excluding hydrogens is 200 g/mol. The summed E-state index contributed by atoms with van der Waals surface area (Å²) in [7, 11) is 0. The number of unbranched alkanes of at least 4 members (excludes halogenated alkanes) is 3. The van der Waals surface area contributed by atoms with Crippen LogP contribution >= 0.6 is 0 Å². The van der Waals surface area contributed by atoms with Gasteiger partial charge in [-0.05, 0) is 40.5 Å². The highest BCUT2D eigenvalue weighted by Crippen LogP contribution is 2.22. The van der Waals surface area contributed by atoms with Gasteiger partial charge in [-0.1, -0.05) is 19.3 Å². The number of hydrogen-bond donors (Lipinski definition) is 1. The molecule has 0 aliphatic carbocycles. The molecule has 0 atom stereocenters. The summed E-state index contributed by atoms with van der Waals surface area (Å²) in [5, 5.41) is 19.7. The molecule has 0 fully saturated rings. The molecule has 0 radical (unpaired) electrons. The predicted molar refractivity (Wildman–Crippen MR) is 66.1 cm³/mol. The van der Waals surface area contributed by atoms with E-state index in [2.05, 4.69) is 6.07 Å². The second-order valence-electron chi connectivity index (χ2n) is 5.42. The Labute approximate surface area is 100 Å². The standard InChI is InChI=1S/C13H26N2O/c1-12(2)15(16)10-8-6-5-7-9-13(3,4)11-14/h12,16H,5-10H2,1-4H3. The Morgan fingerprint density at radius 1 is 1.19 bits per heavy atom. The second kappa shape index (κ2) is 7.65. The molecule has 0 aromatic heterocycles. The first-order valence-corrected chi connectivity index (χ1v) is 6.26. The van der Waals surface area contributed by atoms with Crippen LogP contribution in [0.15, 0.2) is 0 Å². The van der Waals surface area contributed by atoms with Gasteiger partial charge in [0.15, 0.2) is 0 Å². The zero-order chi connectivity index (χ0) is 12.6. The highest BCUT2D eigenvalue weighted by molar-refractivity contribution is 4.91. The molecule has 0 aliphatic heterocycles. The molecule has 0 spiro atoms. The van der Waals surface area contributed by atoms with Crippen molar-refractivity contribution in [1.29, 1.82) is 5.26 Å². The molecule has 3 heteroatoms. The first-order chi connectivity index (χ1) is 7.39. The van der Waals surface area contributed by atoms with Gasteiger partial charge in [0.25, 0.3) is 0 Å². The van der Waals surface area contributed by atoms with E-state index in [1.807, 2.05) is 27.7 Å². The molecule has 0 aromatic carbocycles. The minimum atomic E-state index is -0.180. The van der Waals surface area contributed by atoms with Crippen molar-refractivity contribution in [2.45, 2.75) is 65.8 Å². The fourth-order valence-electron chi connectivity index (χ4n) is 1.51. The topological polar surface area (TPSA) is 47.3 Å².